The van der Waals surface area contributed by atoms with Crippen molar-refractivity contribution in [3.63, 3.8) is 0 Å². The number of rotatable bonds is 7. The summed E-state index contributed by atoms with van der Waals surface area (Å²) in [5, 5.41) is 16.9. The van der Waals surface area contributed by atoms with Crippen LogP contribution in [-0.4, -0.2) is 58.8 Å². The molecule has 35 heavy (non-hydrogen) atoms. The van der Waals surface area contributed by atoms with Crippen LogP contribution in [0, 0.1) is 18.8 Å². The number of carbonyl (C=O) groups is 1. The number of anilines is 1. The Bertz CT molecular complexity index is 1140. The van der Waals surface area contributed by atoms with E-state index in [1.54, 1.807) is 18.2 Å². The summed E-state index contributed by atoms with van der Waals surface area (Å²) in [6, 6.07) is 16.0. The molecule has 184 valence electrons. The van der Waals surface area contributed by atoms with Gasteiger partial charge in [-0.05, 0) is 56.3 Å². The second-order valence-electron chi connectivity index (χ2n) is 9.83. The first-order valence-corrected chi connectivity index (χ1v) is 12.5. The van der Waals surface area contributed by atoms with Crippen LogP contribution in [0.4, 0.5) is 6.01 Å². The number of benzene rings is 2. The molecule has 1 unspecified atom stereocenters. The summed E-state index contributed by atoms with van der Waals surface area (Å²) < 4.78 is 5.45. The topological polar surface area (TPSA) is 94.7 Å². The summed E-state index contributed by atoms with van der Waals surface area (Å²) >= 11 is 0. The van der Waals surface area contributed by atoms with E-state index in [2.05, 4.69) is 51.5 Å². The Kier molecular flexibility index (Phi) is 6.99. The van der Waals surface area contributed by atoms with E-state index in [-0.39, 0.29) is 17.6 Å². The Morgan fingerprint density at radius 1 is 1.11 bits per heavy atom. The normalized spacial score (nSPS) is 19.2. The van der Waals surface area contributed by atoms with Crippen molar-refractivity contribution in [2.75, 3.05) is 37.6 Å². The summed E-state index contributed by atoms with van der Waals surface area (Å²) in [6.07, 6.45) is 2.66. The molecule has 5 rings (SSSR count). The highest BCUT2D eigenvalue weighted by atomic mass is 16.5. The zero-order chi connectivity index (χ0) is 24.2. The molecule has 1 atom stereocenters. The number of carbonyl (C=O) groups excluding carboxylic acids is 1. The predicted octanol–water partition coefficient (Wildman–Crippen LogP) is 3.61. The third kappa shape index (κ3) is 5.82. The summed E-state index contributed by atoms with van der Waals surface area (Å²) in [5.74, 6) is 1.30. The van der Waals surface area contributed by atoms with Crippen LogP contribution >= 0.6 is 0 Å². The van der Waals surface area contributed by atoms with Crippen LogP contribution in [0.2, 0.25) is 0 Å². The van der Waals surface area contributed by atoms with E-state index in [4.69, 9.17) is 4.52 Å². The Morgan fingerprint density at radius 3 is 2.69 bits per heavy atom. The average molecular weight is 476 g/mol. The highest BCUT2D eigenvalue weighted by Gasteiger charge is 2.29. The van der Waals surface area contributed by atoms with Crippen LogP contribution < -0.4 is 10.2 Å². The number of likely N-dealkylation sites (tertiary alicyclic amines) is 1. The van der Waals surface area contributed by atoms with E-state index >= 15 is 0 Å². The number of piperidine rings is 1. The van der Waals surface area contributed by atoms with Gasteiger partial charge in [0.1, 0.15) is 5.75 Å². The molecule has 0 radical (unpaired) electrons. The number of phenols is 1. The molecular formula is C27H33N5O3. The third-order valence-electron chi connectivity index (χ3n) is 7.12. The van der Waals surface area contributed by atoms with Crippen LogP contribution in [0.15, 0.2) is 53.1 Å². The number of amides is 1. The van der Waals surface area contributed by atoms with Gasteiger partial charge in [-0.2, -0.15) is 4.98 Å². The number of nitrogens with zero attached hydrogens (tertiary/aromatic N) is 4. The zero-order valence-electron chi connectivity index (χ0n) is 20.2. The molecule has 2 saturated heterocycles. The fourth-order valence-electron chi connectivity index (χ4n) is 5.00. The van der Waals surface area contributed by atoms with Gasteiger partial charge in [0.15, 0.2) is 0 Å². The van der Waals surface area contributed by atoms with Crippen LogP contribution in [0.5, 0.6) is 5.75 Å². The van der Waals surface area contributed by atoms with Gasteiger partial charge >= 0.3 is 6.01 Å². The summed E-state index contributed by atoms with van der Waals surface area (Å²) in [4.78, 5) is 21.8. The van der Waals surface area contributed by atoms with E-state index in [1.165, 1.54) is 11.1 Å². The number of aryl methyl sites for hydroxylation is 1. The lowest BCUT2D eigenvalue weighted by molar-refractivity contribution is -0.125. The van der Waals surface area contributed by atoms with Crippen LogP contribution in [0.25, 0.3) is 11.4 Å². The second-order valence-corrected chi connectivity index (χ2v) is 9.83. The van der Waals surface area contributed by atoms with Gasteiger partial charge in [-0.3, -0.25) is 9.69 Å². The number of hydrogen-bond acceptors (Lipinski definition) is 7. The molecule has 8 heteroatoms. The molecule has 0 saturated carbocycles. The number of aromatic nitrogens is 2. The van der Waals surface area contributed by atoms with Crippen molar-refractivity contribution in [3.8, 4) is 17.1 Å². The van der Waals surface area contributed by atoms with E-state index in [0.29, 0.717) is 36.4 Å². The van der Waals surface area contributed by atoms with Crippen molar-refractivity contribution in [1.29, 1.82) is 0 Å². The first-order chi connectivity index (χ1) is 17.0. The minimum absolute atomic E-state index is 0.0183. The molecule has 1 amide bonds. The van der Waals surface area contributed by atoms with Gasteiger partial charge in [0.25, 0.3) is 0 Å². The Balaban J connectivity index is 1.05. The molecule has 8 nitrogen and oxygen atoms in total. The molecular weight excluding hydrogens is 442 g/mol. The molecule has 2 aromatic carbocycles. The first kappa shape index (κ1) is 23.4. The van der Waals surface area contributed by atoms with E-state index in [0.717, 1.165) is 45.4 Å². The van der Waals surface area contributed by atoms with Crippen molar-refractivity contribution in [1.82, 2.24) is 20.4 Å². The molecule has 2 aliphatic rings. The maximum Gasteiger partial charge on any atom is 0.324 e. The summed E-state index contributed by atoms with van der Waals surface area (Å²) in [6.45, 7) is 7.36. The Hall–Kier alpha value is -3.39. The predicted molar refractivity (Wildman–Crippen MR) is 134 cm³/mol. The average Bonchev–Trinajstić information content (AvgIpc) is 3.54. The summed E-state index contributed by atoms with van der Waals surface area (Å²) in [7, 11) is 0. The molecule has 1 aromatic heterocycles. The van der Waals surface area contributed by atoms with Crippen LogP contribution in [0.3, 0.4) is 0 Å². The lowest BCUT2D eigenvalue weighted by Crippen LogP contribution is -2.42. The minimum atomic E-state index is 0.0183. The number of hydrogen-bond donors (Lipinski definition) is 2. The lowest BCUT2D eigenvalue weighted by Gasteiger charge is -2.30. The summed E-state index contributed by atoms with van der Waals surface area (Å²) in [5.41, 5.74) is 3.35. The smallest absolute Gasteiger partial charge is 0.324 e. The largest absolute Gasteiger partial charge is 0.508 e. The molecule has 3 aromatic rings. The highest BCUT2D eigenvalue weighted by molar-refractivity contribution is 5.79. The Labute approximate surface area is 205 Å². The number of phenolic OH excluding ortho intramolecular Hbond substituents is 1. The SMILES string of the molecule is Cc1ccc(CN2CCC(CNC(=O)C3CCN(c4nc(-c5cccc(O)c5)no4)CC3)C2)cc1. The highest BCUT2D eigenvalue weighted by Crippen LogP contribution is 2.26. The van der Waals surface area contributed by atoms with Crippen molar-refractivity contribution < 1.29 is 14.4 Å². The van der Waals surface area contributed by atoms with E-state index < -0.39 is 0 Å². The molecule has 2 fully saturated rings. The van der Waals surface area contributed by atoms with Crippen LogP contribution in [0.1, 0.15) is 30.4 Å². The molecule has 0 spiro atoms. The van der Waals surface area contributed by atoms with Gasteiger partial charge in [-0.1, -0.05) is 47.1 Å². The molecule has 0 bridgehead atoms. The second kappa shape index (κ2) is 10.5. The number of aromatic hydroxyl groups is 1. The maximum absolute atomic E-state index is 12.8. The molecule has 2 aliphatic heterocycles. The Morgan fingerprint density at radius 2 is 1.91 bits per heavy atom. The minimum Gasteiger partial charge on any atom is -0.508 e. The fourth-order valence-corrected chi connectivity index (χ4v) is 5.00. The fraction of sp³-hybridized carbons (Fsp3) is 0.444. The van der Waals surface area contributed by atoms with Gasteiger partial charge in [0.05, 0.1) is 0 Å². The molecule has 0 aliphatic carbocycles. The van der Waals surface area contributed by atoms with Crippen molar-refractivity contribution in [3.05, 3.63) is 59.7 Å². The van der Waals surface area contributed by atoms with E-state index in [9.17, 15) is 9.90 Å². The van der Waals surface area contributed by atoms with Gasteiger partial charge in [-0.15, -0.1) is 0 Å². The third-order valence-corrected chi connectivity index (χ3v) is 7.12. The standard InChI is InChI=1S/C27H33N5O3/c1-19-5-7-20(8-6-19)17-31-12-9-21(18-31)16-28-26(34)22-10-13-32(14-11-22)27-29-25(30-35-27)23-3-2-4-24(33)15-23/h2-8,15,21-22,33H,9-14,16-18H2,1H3,(H,28,34). The molecule has 2 N–H and O–H groups in total. The van der Waals surface area contributed by atoms with Gasteiger partial charge in [0, 0.05) is 44.2 Å². The number of nitrogens with one attached hydrogen (secondary N) is 1. The first-order valence-electron chi connectivity index (χ1n) is 12.5. The van der Waals surface area contributed by atoms with E-state index in [1.807, 2.05) is 11.0 Å². The van der Waals surface area contributed by atoms with Crippen LogP contribution in [-0.2, 0) is 11.3 Å². The van der Waals surface area contributed by atoms with Gasteiger partial charge in [0.2, 0.25) is 11.7 Å². The lowest BCUT2D eigenvalue weighted by atomic mass is 9.96. The molecule has 3 heterocycles. The zero-order valence-corrected chi connectivity index (χ0v) is 20.2. The quantitative estimate of drug-likeness (QED) is 0.539. The van der Waals surface area contributed by atoms with Gasteiger partial charge in [-0.25, -0.2) is 0 Å². The van der Waals surface area contributed by atoms with Gasteiger partial charge < -0.3 is 19.8 Å². The van der Waals surface area contributed by atoms with Crippen molar-refractivity contribution in [2.24, 2.45) is 11.8 Å². The van der Waals surface area contributed by atoms with Crippen molar-refractivity contribution in [2.45, 2.75) is 32.7 Å². The maximum atomic E-state index is 12.8. The van der Waals surface area contributed by atoms with Crippen molar-refractivity contribution >= 4 is 11.9 Å². The monoisotopic (exact) mass is 475 g/mol.